The molecule has 0 unspecified atom stereocenters. The quantitative estimate of drug-likeness (QED) is 0.0853. The minimum absolute atomic E-state index is 0.373. The van der Waals surface area contributed by atoms with Crippen LogP contribution in [0.25, 0.3) is 0 Å². The second-order valence-electron chi connectivity index (χ2n) is 10.2. The van der Waals surface area contributed by atoms with Gasteiger partial charge in [0.1, 0.15) is 0 Å². The molecule has 0 fully saturated rings. The van der Waals surface area contributed by atoms with Crippen LogP contribution in [0.15, 0.2) is 0 Å². The van der Waals surface area contributed by atoms with Gasteiger partial charge in [-0.15, -0.1) is 0 Å². The van der Waals surface area contributed by atoms with Gasteiger partial charge in [-0.3, -0.25) is 0 Å². The third-order valence-electron chi connectivity index (χ3n) is 6.52. The lowest BCUT2D eigenvalue weighted by molar-refractivity contribution is 0.137. The Bertz CT molecular complexity index is 303. The van der Waals surface area contributed by atoms with Crippen molar-refractivity contribution < 1.29 is 25.2 Å². The van der Waals surface area contributed by atoms with E-state index in [1.807, 2.05) is 0 Å². The maximum absolute atomic E-state index is 8.63. The molecule has 0 aliphatic rings. The van der Waals surface area contributed by atoms with Crippen LogP contribution >= 0.6 is 0 Å². The van der Waals surface area contributed by atoms with Crippen LogP contribution in [-0.2, 0) is 0 Å². The monoisotopic (exact) mass is 518 g/mol. The third kappa shape index (κ3) is 54.2. The molecule has 0 aliphatic carbocycles. The fourth-order valence-electron chi connectivity index (χ4n) is 4.26. The zero-order valence-electron chi connectivity index (χ0n) is 24.5. The Morgan fingerprint density at radius 3 is 0.639 bits per heavy atom. The zero-order chi connectivity index (χ0) is 27.4. The summed E-state index contributed by atoms with van der Waals surface area (Å²) in [5.74, 6) is 0. The van der Waals surface area contributed by atoms with E-state index in [-0.39, 0.29) is 0 Å². The van der Waals surface area contributed by atoms with Crippen LogP contribution in [0, 0.1) is 0 Å². The van der Waals surface area contributed by atoms with E-state index in [0.29, 0.717) is 13.2 Å². The smallest absolute Gasteiger partial charge is 0.450 e. The topological polar surface area (TPSA) is 98.0 Å². The van der Waals surface area contributed by atoms with Crippen LogP contribution < -0.4 is 0 Å². The lowest BCUT2D eigenvalue weighted by Crippen LogP contribution is -1.84. The van der Waals surface area contributed by atoms with Crippen LogP contribution in [0.4, 0.5) is 4.79 Å². The van der Waals surface area contributed by atoms with Crippen LogP contribution in [0.5, 0.6) is 0 Å². The highest BCUT2D eigenvalue weighted by molar-refractivity contribution is 5.53. The molecule has 0 rings (SSSR count). The van der Waals surface area contributed by atoms with Gasteiger partial charge >= 0.3 is 6.16 Å². The van der Waals surface area contributed by atoms with Gasteiger partial charge in [0.25, 0.3) is 0 Å². The summed E-state index contributed by atoms with van der Waals surface area (Å²) >= 11 is 0. The standard InChI is InChI=1S/2C15H32O.CH2O3/c2*1-2-3-4-5-6-7-8-9-10-11-12-13-14-15-16;2-1(3)4/h2*16H,2-15H2,1H3;(H2,2,3,4). The van der Waals surface area contributed by atoms with Crippen molar-refractivity contribution in [3.8, 4) is 0 Å². The van der Waals surface area contributed by atoms with Gasteiger partial charge in [0, 0.05) is 13.2 Å². The summed E-state index contributed by atoms with van der Waals surface area (Å²) in [4.78, 5) is 8.56. The number of carbonyl (C=O) groups is 1. The van der Waals surface area contributed by atoms with Gasteiger partial charge in [0.05, 0.1) is 0 Å². The van der Waals surface area contributed by atoms with E-state index in [2.05, 4.69) is 13.8 Å². The van der Waals surface area contributed by atoms with E-state index in [9.17, 15) is 0 Å². The second kappa shape index (κ2) is 41.3. The second-order valence-corrected chi connectivity index (χ2v) is 10.2. The van der Waals surface area contributed by atoms with Gasteiger partial charge in [-0.25, -0.2) is 4.79 Å². The van der Waals surface area contributed by atoms with Crippen molar-refractivity contribution in [2.45, 2.75) is 181 Å². The van der Waals surface area contributed by atoms with Gasteiger partial charge in [-0.2, -0.15) is 0 Å². The molecule has 220 valence electrons. The van der Waals surface area contributed by atoms with Crippen LogP contribution in [-0.4, -0.2) is 39.8 Å². The molecule has 4 N–H and O–H groups in total. The Morgan fingerprint density at radius 2 is 0.500 bits per heavy atom. The van der Waals surface area contributed by atoms with E-state index >= 15 is 0 Å². The van der Waals surface area contributed by atoms with Crippen molar-refractivity contribution >= 4 is 6.16 Å². The maximum Gasteiger partial charge on any atom is 0.503 e. The summed E-state index contributed by atoms with van der Waals surface area (Å²) in [6.07, 6.45) is 33.6. The van der Waals surface area contributed by atoms with Crippen LogP contribution in [0.2, 0.25) is 0 Å². The summed E-state index contributed by atoms with van der Waals surface area (Å²) in [6.45, 7) is 5.29. The molecule has 0 atom stereocenters. The molecule has 0 aromatic heterocycles. The normalized spacial score (nSPS) is 10.3. The molecular weight excluding hydrogens is 452 g/mol. The molecular formula is C31H66O5. The average molecular weight is 519 g/mol. The highest BCUT2D eigenvalue weighted by Gasteiger charge is 1.94. The SMILES string of the molecule is CCCCCCCCCCCCCCCO.CCCCCCCCCCCCCCCO.O=C(O)O. The van der Waals surface area contributed by atoms with E-state index in [4.69, 9.17) is 25.2 Å². The average Bonchev–Trinajstić information content (AvgIpc) is 2.85. The van der Waals surface area contributed by atoms with Crippen molar-refractivity contribution in [1.82, 2.24) is 0 Å². The Balaban J connectivity index is -0.000000526. The Labute approximate surface area is 225 Å². The molecule has 0 aromatic carbocycles. The molecule has 0 saturated carbocycles. The fraction of sp³-hybridized carbons (Fsp3) is 0.968. The predicted molar refractivity (Wildman–Crippen MR) is 156 cm³/mol. The minimum atomic E-state index is -1.83. The van der Waals surface area contributed by atoms with Crippen molar-refractivity contribution in [3.63, 3.8) is 0 Å². The van der Waals surface area contributed by atoms with E-state index < -0.39 is 6.16 Å². The fourth-order valence-corrected chi connectivity index (χ4v) is 4.26. The summed E-state index contributed by atoms with van der Waals surface area (Å²) in [6, 6.07) is 0. The lowest BCUT2D eigenvalue weighted by Gasteiger charge is -2.02. The molecule has 5 nitrogen and oxygen atoms in total. The summed E-state index contributed by atoms with van der Waals surface area (Å²) in [5, 5.41) is 31.2. The number of hydrogen-bond acceptors (Lipinski definition) is 3. The maximum atomic E-state index is 8.63. The molecule has 0 aliphatic heterocycles. The van der Waals surface area contributed by atoms with Gasteiger partial charge in [-0.1, -0.05) is 168 Å². The molecule has 0 radical (unpaired) electrons. The Hall–Kier alpha value is -0.810. The number of carboxylic acid groups (broad SMARTS) is 2. The van der Waals surface area contributed by atoms with Gasteiger partial charge < -0.3 is 20.4 Å². The Morgan fingerprint density at radius 1 is 0.361 bits per heavy atom. The number of unbranched alkanes of at least 4 members (excludes halogenated alkanes) is 24. The first-order valence-corrected chi connectivity index (χ1v) is 15.7. The molecule has 0 amide bonds. The predicted octanol–water partition coefficient (Wildman–Crippen LogP) is 10.4. The van der Waals surface area contributed by atoms with Crippen molar-refractivity contribution in [3.05, 3.63) is 0 Å². The number of aliphatic hydroxyl groups excluding tert-OH is 2. The largest absolute Gasteiger partial charge is 0.503 e. The lowest BCUT2D eigenvalue weighted by atomic mass is 10.0. The van der Waals surface area contributed by atoms with Gasteiger partial charge in [-0.05, 0) is 12.8 Å². The molecule has 5 heteroatoms. The molecule has 0 heterocycles. The number of hydrogen-bond donors (Lipinski definition) is 4. The molecule has 0 bridgehead atoms. The number of aliphatic hydroxyl groups is 2. The van der Waals surface area contributed by atoms with Crippen molar-refractivity contribution in [2.24, 2.45) is 0 Å². The molecule has 0 saturated heterocycles. The third-order valence-corrected chi connectivity index (χ3v) is 6.52. The van der Waals surface area contributed by atoms with Gasteiger partial charge in [0.2, 0.25) is 0 Å². The van der Waals surface area contributed by atoms with E-state index in [1.54, 1.807) is 0 Å². The highest BCUT2D eigenvalue weighted by Crippen LogP contribution is 2.13. The first kappa shape index (κ1) is 39.7. The van der Waals surface area contributed by atoms with E-state index in [1.165, 1.54) is 154 Å². The Kier molecular flexibility index (Phi) is 45.6. The zero-order valence-corrected chi connectivity index (χ0v) is 24.5. The summed E-state index contributed by atoms with van der Waals surface area (Å²) in [5.41, 5.74) is 0. The summed E-state index contributed by atoms with van der Waals surface area (Å²) in [7, 11) is 0. The van der Waals surface area contributed by atoms with Crippen molar-refractivity contribution in [1.29, 1.82) is 0 Å². The van der Waals surface area contributed by atoms with Crippen LogP contribution in [0.3, 0.4) is 0 Å². The minimum Gasteiger partial charge on any atom is -0.450 e. The van der Waals surface area contributed by atoms with Crippen LogP contribution in [0.1, 0.15) is 181 Å². The highest BCUT2D eigenvalue weighted by atomic mass is 16.6. The first-order valence-electron chi connectivity index (χ1n) is 15.7. The summed E-state index contributed by atoms with van der Waals surface area (Å²) < 4.78 is 0. The van der Waals surface area contributed by atoms with Gasteiger partial charge in [0.15, 0.2) is 0 Å². The first-order chi connectivity index (χ1) is 17.6. The van der Waals surface area contributed by atoms with E-state index in [0.717, 1.165) is 12.8 Å². The molecule has 0 aromatic rings. The number of rotatable bonds is 26. The molecule has 0 spiro atoms. The van der Waals surface area contributed by atoms with Crippen molar-refractivity contribution in [2.75, 3.05) is 13.2 Å². The molecule has 36 heavy (non-hydrogen) atoms.